The fourth-order valence-electron chi connectivity index (χ4n) is 2.35. The van der Waals surface area contributed by atoms with Gasteiger partial charge in [0.1, 0.15) is 0 Å². The third-order valence-electron chi connectivity index (χ3n) is 3.14. The zero-order valence-corrected chi connectivity index (χ0v) is 7.02. The number of hydrogen-bond acceptors (Lipinski definition) is 1. The lowest BCUT2D eigenvalue weighted by molar-refractivity contribution is -0.114. The van der Waals surface area contributed by atoms with Gasteiger partial charge in [-0.15, -0.1) is 0 Å². The summed E-state index contributed by atoms with van der Waals surface area (Å²) in [5.41, 5.74) is 1.42. The standard InChI is InChI=1S/C10H14O/c1-10-6-3-2-4-8(10)9(11)5-7-10/h4H,2-3,5-7H2,1H3/t10-/m1/s1. The van der Waals surface area contributed by atoms with Crippen LogP contribution >= 0.6 is 0 Å². The molecule has 0 aromatic rings. The Labute approximate surface area is 67.5 Å². The van der Waals surface area contributed by atoms with E-state index in [9.17, 15) is 4.79 Å². The summed E-state index contributed by atoms with van der Waals surface area (Å²) in [6.07, 6.45) is 7.67. The van der Waals surface area contributed by atoms with Crippen molar-refractivity contribution in [2.24, 2.45) is 5.41 Å². The van der Waals surface area contributed by atoms with E-state index in [0.717, 1.165) is 24.8 Å². The summed E-state index contributed by atoms with van der Waals surface area (Å²) in [7, 11) is 0. The Bertz CT molecular complexity index is 227. The van der Waals surface area contributed by atoms with E-state index >= 15 is 0 Å². The van der Waals surface area contributed by atoms with E-state index in [1.54, 1.807) is 0 Å². The van der Waals surface area contributed by atoms with Gasteiger partial charge in [0.15, 0.2) is 5.78 Å². The molecule has 60 valence electrons. The van der Waals surface area contributed by atoms with Crippen LogP contribution in [0.4, 0.5) is 0 Å². The van der Waals surface area contributed by atoms with E-state index < -0.39 is 0 Å². The topological polar surface area (TPSA) is 17.1 Å². The van der Waals surface area contributed by atoms with Gasteiger partial charge in [-0.25, -0.2) is 0 Å². The average molecular weight is 150 g/mol. The second-order valence-corrected chi connectivity index (χ2v) is 3.99. The summed E-state index contributed by atoms with van der Waals surface area (Å²) >= 11 is 0. The third kappa shape index (κ3) is 0.943. The smallest absolute Gasteiger partial charge is 0.159 e. The SMILES string of the molecule is C[C@]12CCCC=C1C(=O)CC2. The molecular weight excluding hydrogens is 136 g/mol. The van der Waals surface area contributed by atoms with Crippen LogP contribution in [-0.2, 0) is 4.79 Å². The predicted octanol–water partition coefficient (Wildman–Crippen LogP) is 2.47. The molecule has 1 fully saturated rings. The van der Waals surface area contributed by atoms with Gasteiger partial charge in [0.05, 0.1) is 0 Å². The molecule has 2 rings (SSSR count). The van der Waals surface area contributed by atoms with Gasteiger partial charge in [-0.05, 0) is 36.7 Å². The highest BCUT2D eigenvalue weighted by molar-refractivity contribution is 5.99. The Hall–Kier alpha value is -0.590. The predicted molar refractivity (Wildman–Crippen MR) is 44.3 cm³/mol. The fourth-order valence-corrected chi connectivity index (χ4v) is 2.35. The number of ketones is 1. The number of hydrogen-bond donors (Lipinski definition) is 0. The molecule has 0 heterocycles. The summed E-state index contributed by atoms with van der Waals surface area (Å²) in [5, 5.41) is 0. The van der Waals surface area contributed by atoms with E-state index in [1.807, 2.05) is 0 Å². The van der Waals surface area contributed by atoms with Crippen LogP contribution in [0.1, 0.15) is 39.0 Å². The molecule has 0 aromatic carbocycles. The Morgan fingerprint density at radius 2 is 2.27 bits per heavy atom. The van der Waals surface area contributed by atoms with Crippen LogP contribution in [0.15, 0.2) is 11.6 Å². The molecule has 0 saturated heterocycles. The van der Waals surface area contributed by atoms with Crippen molar-refractivity contribution in [2.75, 3.05) is 0 Å². The van der Waals surface area contributed by atoms with Gasteiger partial charge >= 0.3 is 0 Å². The summed E-state index contributed by atoms with van der Waals surface area (Å²) < 4.78 is 0. The summed E-state index contributed by atoms with van der Waals surface area (Å²) in [4.78, 5) is 11.3. The normalized spacial score (nSPS) is 36.8. The van der Waals surface area contributed by atoms with Gasteiger partial charge in [0.25, 0.3) is 0 Å². The molecule has 1 heteroatoms. The van der Waals surface area contributed by atoms with E-state index in [1.165, 1.54) is 12.8 Å². The molecule has 1 saturated carbocycles. The fraction of sp³-hybridized carbons (Fsp3) is 0.700. The second kappa shape index (κ2) is 2.20. The second-order valence-electron chi connectivity index (χ2n) is 3.99. The monoisotopic (exact) mass is 150 g/mol. The van der Waals surface area contributed by atoms with Crippen molar-refractivity contribution in [1.82, 2.24) is 0 Å². The molecule has 0 amide bonds. The third-order valence-corrected chi connectivity index (χ3v) is 3.14. The van der Waals surface area contributed by atoms with E-state index in [2.05, 4.69) is 13.0 Å². The first-order valence-electron chi connectivity index (χ1n) is 4.46. The molecule has 0 unspecified atom stereocenters. The minimum atomic E-state index is 0.273. The highest BCUT2D eigenvalue weighted by Crippen LogP contribution is 2.46. The van der Waals surface area contributed by atoms with Crippen molar-refractivity contribution in [1.29, 1.82) is 0 Å². The summed E-state index contributed by atoms with van der Waals surface area (Å²) in [6.45, 7) is 2.24. The highest BCUT2D eigenvalue weighted by Gasteiger charge is 2.39. The van der Waals surface area contributed by atoms with Gasteiger partial charge in [-0.2, -0.15) is 0 Å². The van der Waals surface area contributed by atoms with Crippen LogP contribution < -0.4 is 0 Å². The first-order valence-corrected chi connectivity index (χ1v) is 4.46. The molecule has 2 aliphatic rings. The van der Waals surface area contributed by atoms with E-state index in [4.69, 9.17) is 0 Å². The van der Waals surface area contributed by atoms with Gasteiger partial charge in [-0.3, -0.25) is 4.79 Å². The summed E-state index contributed by atoms with van der Waals surface area (Å²) in [5.74, 6) is 0.409. The van der Waals surface area contributed by atoms with E-state index in [0.29, 0.717) is 5.78 Å². The quantitative estimate of drug-likeness (QED) is 0.518. The molecule has 0 bridgehead atoms. The molecular formula is C10H14O. The average Bonchev–Trinajstić information content (AvgIpc) is 2.29. The molecule has 0 spiro atoms. The first-order chi connectivity index (χ1) is 5.22. The van der Waals surface area contributed by atoms with Crippen molar-refractivity contribution in [2.45, 2.75) is 39.0 Å². The minimum Gasteiger partial charge on any atom is -0.295 e. The number of carbonyl (C=O) groups is 1. The van der Waals surface area contributed by atoms with Crippen molar-refractivity contribution in [3.8, 4) is 0 Å². The van der Waals surface area contributed by atoms with Crippen LogP contribution in [-0.4, -0.2) is 5.78 Å². The molecule has 0 aliphatic heterocycles. The molecule has 1 nitrogen and oxygen atoms in total. The molecule has 0 aromatic heterocycles. The Balaban J connectivity index is 2.38. The van der Waals surface area contributed by atoms with Gasteiger partial charge in [0.2, 0.25) is 0 Å². The van der Waals surface area contributed by atoms with Crippen LogP contribution in [0.5, 0.6) is 0 Å². The maximum atomic E-state index is 11.3. The van der Waals surface area contributed by atoms with Gasteiger partial charge in [0, 0.05) is 6.42 Å². The maximum absolute atomic E-state index is 11.3. The highest BCUT2D eigenvalue weighted by atomic mass is 16.1. The largest absolute Gasteiger partial charge is 0.295 e. The van der Waals surface area contributed by atoms with Crippen LogP contribution in [0.2, 0.25) is 0 Å². The molecule has 0 radical (unpaired) electrons. The Morgan fingerprint density at radius 3 is 3.00 bits per heavy atom. The lowest BCUT2D eigenvalue weighted by Gasteiger charge is -2.28. The zero-order valence-electron chi connectivity index (χ0n) is 7.02. The zero-order chi connectivity index (χ0) is 7.90. The van der Waals surface area contributed by atoms with Crippen LogP contribution in [0.3, 0.4) is 0 Å². The van der Waals surface area contributed by atoms with Crippen molar-refractivity contribution < 1.29 is 4.79 Å². The number of allylic oxidation sites excluding steroid dienone is 2. The van der Waals surface area contributed by atoms with E-state index in [-0.39, 0.29) is 5.41 Å². The minimum absolute atomic E-state index is 0.273. The maximum Gasteiger partial charge on any atom is 0.159 e. The Kier molecular flexibility index (Phi) is 1.41. The molecule has 11 heavy (non-hydrogen) atoms. The van der Waals surface area contributed by atoms with Crippen LogP contribution in [0, 0.1) is 5.41 Å². The number of rotatable bonds is 0. The lowest BCUT2D eigenvalue weighted by atomic mass is 9.76. The van der Waals surface area contributed by atoms with Crippen molar-refractivity contribution >= 4 is 5.78 Å². The summed E-state index contributed by atoms with van der Waals surface area (Å²) in [6, 6.07) is 0. The molecule has 1 atom stereocenters. The van der Waals surface area contributed by atoms with Gasteiger partial charge < -0.3 is 0 Å². The molecule has 2 aliphatic carbocycles. The Morgan fingerprint density at radius 1 is 1.45 bits per heavy atom. The lowest BCUT2D eigenvalue weighted by Crippen LogP contribution is -2.18. The number of Topliss-reactive ketones (excluding diaryl/α,β-unsaturated/α-hetero) is 1. The van der Waals surface area contributed by atoms with Crippen molar-refractivity contribution in [3.05, 3.63) is 11.6 Å². The molecule has 0 N–H and O–H groups in total. The first kappa shape index (κ1) is 7.08. The number of fused-ring (bicyclic) bond motifs is 1. The number of carbonyl (C=O) groups excluding carboxylic acids is 1. The van der Waals surface area contributed by atoms with Crippen molar-refractivity contribution in [3.63, 3.8) is 0 Å². The van der Waals surface area contributed by atoms with Crippen LogP contribution in [0.25, 0.3) is 0 Å². The van der Waals surface area contributed by atoms with Gasteiger partial charge in [-0.1, -0.05) is 13.0 Å².